The standard InChI is InChI=1S/C11H10Cl2FO2/c1-2-16-11(15)10(13)5-7-3-4-8(14)6-9(7)12/h3,6,10H,2,5H2,1H3. The largest absolute Gasteiger partial charge is 0.465 e. The molecule has 1 radical (unpaired) electrons. The summed E-state index contributed by atoms with van der Waals surface area (Å²) in [6.07, 6.45) is 0.190. The fourth-order valence-electron chi connectivity index (χ4n) is 1.14. The Morgan fingerprint density at radius 1 is 1.69 bits per heavy atom. The Morgan fingerprint density at radius 2 is 2.38 bits per heavy atom. The number of alkyl halides is 1. The number of benzene rings is 1. The molecule has 2 nitrogen and oxygen atoms in total. The summed E-state index contributed by atoms with van der Waals surface area (Å²) in [5, 5.41) is -0.595. The molecule has 0 aliphatic rings. The Hall–Kier alpha value is -0.800. The maximum Gasteiger partial charge on any atom is 0.324 e. The summed E-state index contributed by atoms with van der Waals surface area (Å²) in [5.74, 6) is -1.06. The minimum atomic E-state index is -0.823. The molecule has 1 unspecified atom stereocenters. The molecule has 1 atom stereocenters. The zero-order valence-electron chi connectivity index (χ0n) is 8.60. The minimum absolute atomic E-state index is 0.190. The number of rotatable bonds is 4. The van der Waals surface area contributed by atoms with Gasteiger partial charge in [-0.25, -0.2) is 4.39 Å². The molecule has 5 heteroatoms. The Bertz CT molecular complexity index is 382. The van der Waals surface area contributed by atoms with Gasteiger partial charge in [-0.2, -0.15) is 0 Å². The van der Waals surface area contributed by atoms with Crippen LogP contribution in [0, 0.1) is 11.9 Å². The molecule has 0 saturated carbocycles. The number of halogens is 3. The first-order valence-electron chi connectivity index (χ1n) is 4.71. The van der Waals surface area contributed by atoms with Crippen LogP contribution in [0.4, 0.5) is 4.39 Å². The van der Waals surface area contributed by atoms with Gasteiger partial charge in [-0.3, -0.25) is 4.79 Å². The van der Waals surface area contributed by atoms with Crippen LogP contribution in [-0.4, -0.2) is 18.0 Å². The van der Waals surface area contributed by atoms with Crippen molar-refractivity contribution in [2.75, 3.05) is 6.61 Å². The van der Waals surface area contributed by atoms with Crippen molar-refractivity contribution in [3.8, 4) is 0 Å². The van der Waals surface area contributed by atoms with Crippen LogP contribution in [0.5, 0.6) is 0 Å². The number of ether oxygens (including phenoxy) is 1. The highest BCUT2D eigenvalue weighted by molar-refractivity contribution is 6.32. The highest BCUT2D eigenvalue weighted by atomic mass is 35.5. The summed E-state index contributed by atoms with van der Waals surface area (Å²) in [6.45, 7) is 1.96. The maximum atomic E-state index is 12.7. The summed E-state index contributed by atoms with van der Waals surface area (Å²) in [5.41, 5.74) is 0.566. The Morgan fingerprint density at radius 3 is 2.94 bits per heavy atom. The fraction of sp³-hybridized carbons (Fsp3) is 0.364. The number of esters is 1. The second kappa shape index (κ2) is 6.06. The monoisotopic (exact) mass is 263 g/mol. The van der Waals surface area contributed by atoms with E-state index < -0.39 is 17.2 Å². The van der Waals surface area contributed by atoms with E-state index in [0.717, 1.165) is 6.07 Å². The molecule has 0 aliphatic carbocycles. The highest BCUT2D eigenvalue weighted by Crippen LogP contribution is 2.20. The lowest BCUT2D eigenvalue weighted by Gasteiger charge is -2.09. The minimum Gasteiger partial charge on any atom is -0.465 e. The second-order valence-corrected chi connectivity index (χ2v) is 4.01. The third-order valence-electron chi connectivity index (χ3n) is 1.89. The van der Waals surface area contributed by atoms with E-state index in [4.69, 9.17) is 27.9 Å². The molecule has 0 saturated heterocycles. The van der Waals surface area contributed by atoms with E-state index in [0.29, 0.717) is 5.56 Å². The number of carbonyl (C=O) groups excluding carboxylic acids is 1. The average molecular weight is 264 g/mol. The smallest absolute Gasteiger partial charge is 0.324 e. The van der Waals surface area contributed by atoms with Crippen molar-refractivity contribution in [1.29, 1.82) is 0 Å². The molecule has 0 spiro atoms. The van der Waals surface area contributed by atoms with Gasteiger partial charge in [0.1, 0.15) is 11.2 Å². The molecule has 0 heterocycles. The third kappa shape index (κ3) is 3.65. The van der Waals surface area contributed by atoms with Crippen LogP contribution in [0.15, 0.2) is 12.1 Å². The fourth-order valence-corrected chi connectivity index (χ4v) is 1.59. The lowest BCUT2D eigenvalue weighted by Crippen LogP contribution is -2.20. The number of carbonyl (C=O) groups is 1. The molecule has 0 aliphatic heterocycles. The SMILES string of the molecule is CCOC(=O)C(Cl)Cc1c[c]c(F)cc1Cl. The number of hydrogen-bond donors (Lipinski definition) is 0. The van der Waals surface area contributed by atoms with Crippen molar-refractivity contribution < 1.29 is 13.9 Å². The highest BCUT2D eigenvalue weighted by Gasteiger charge is 2.18. The topological polar surface area (TPSA) is 26.3 Å². The zero-order valence-corrected chi connectivity index (χ0v) is 10.1. The Kier molecular flexibility index (Phi) is 5.03. The van der Waals surface area contributed by atoms with E-state index in [9.17, 15) is 9.18 Å². The van der Waals surface area contributed by atoms with Crippen LogP contribution in [0.2, 0.25) is 5.02 Å². The van der Waals surface area contributed by atoms with Crippen LogP contribution in [0.25, 0.3) is 0 Å². The van der Waals surface area contributed by atoms with Crippen molar-refractivity contribution in [2.45, 2.75) is 18.7 Å². The van der Waals surface area contributed by atoms with Gasteiger partial charge in [0.15, 0.2) is 0 Å². The molecule has 0 bridgehead atoms. The van der Waals surface area contributed by atoms with Gasteiger partial charge >= 0.3 is 5.97 Å². The van der Waals surface area contributed by atoms with Gasteiger partial charge in [0.25, 0.3) is 0 Å². The first kappa shape index (κ1) is 13.3. The summed E-state index contributed by atoms with van der Waals surface area (Å²) >= 11 is 11.6. The second-order valence-electron chi connectivity index (χ2n) is 3.08. The van der Waals surface area contributed by atoms with E-state index in [1.807, 2.05) is 0 Å². The molecule has 0 aromatic heterocycles. The van der Waals surface area contributed by atoms with Crippen molar-refractivity contribution in [1.82, 2.24) is 0 Å². The van der Waals surface area contributed by atoms with Crippen LogP contribution in [0.3, 0.4) is 0 Å². The Balaban J connectivity index is 2.69. The molecular weight excluding hydrogens is 254 g/mol. The Labute approximate surface area is 103 Å². The molecular formula is C11H10Cl2FO2. The molecule has 0 fully saturated rings. The molecule has 87 valence electrons. The quantitative estimate of drug-likeness (QED) is 0.617. The van der Waals surface area contributed by atoms with Crippen molar-refractivity contribution >= 4 is 29.2 Å². The summed E-state index contributed by atoms with van der Waals surface area (Å²) in [7, 11) is 0. The van der Waals surface area contributed by atoms with Gasteiger partial charge in [0, 0.05) is 17.5 Å². The van der Waals surface area contributed by atoms with Crippen LogP contribution in [-0.2, 0) is 16.0 Å². The maximum absolute atomic E-state index is 12.7. The van der Waals surface area contributed by atoms with Crippen LogP contribution < -0.4 is 0 Å². The van der Waals surface area contributed by atoms with Gasteiger partial charge in [-0.1, -0.05) is 11.6 Å². The van der Waals surface area contributed by atoms with E-state index in [2.05, 4.69) is 6.07 Å². The van der Waals surface area contributed by atoms with E-state index in [1.54, 1.807) is 6.92 Å². The van der Waals surface area contributed by atoms with Crippen molar-refractivity contribution in [3.63, 3.8) is 0 Å². The molecule has 1 aromatic rings. The first-order chi connectivity index (χ1) is 7.54. The van der Waals surface area contributed by atoms with Gasteiger partial charge < -0.3 is 4.74 Å². The molecule has 1 aromatic carbocycles. The summed E-state index contributed by atoms with van der Waals surface area (Å²) in [4.78, 5) is 11.2. The lowest BCUT2D eigenvalue weighted by atomic mass is 10.1. The van der Waals surface area contributed by atoms with Crippen LogP contribution >= 0.6 is 23.2 Å². The summed E-state index contributed by atoms with van der Waals surface area (Å²) in [6, 6.07) is 4.87. The number of hydrogen-bond acceptors (Lipinski definition) is 2. The predicted octanol–water partition coefficient (Wildman–Crippen LogP) is 2.99. The van der Waals surface area contributed by atoms with E-state index >= 15 is 0 Å². The third-order valence-corrected chi connectivity index (χ3v) is 2.57. The van der Waals surface area contributed by atoms with Gasteiger partial charge in [0.2, 0.25) is 0 Å². The normalized spacial score (nSPS) is 12.2. The van der Waals surface area contributed by atoms with Crippen molar-refractivity contribution in [2.24, 2.45) is 0 Å². The van der Waals surface area contributed by atoms with Gasteiger partial charge in [-0.05, 0) is 24.6 Å². The average Bonchev–Trinajstić information content (AvgIpc) is 2.22. The molecule has 16 heavy (non-hydrogen) atoms. The molecule has 1 rings (SSSR count). The molecule has 0 N–H and O–H groups in total. The molecule has 0 amide bonds. The summed E-state index contributed by atoms with van der Waals surface area (Å²) < 4.78 is 17.4. The van der Waals surface area contributed by atoms with Gasteiger partial charge in [0.05, 0.1) is 6.61 Å². The van der Waals surface area contributed by atoms with Gasteiger partial charge in [-0.15, -0.1) is 11.6 Å². The lowest BCUT2D eigenvalue weighted by molar-refractivity contribution is -0.142. The van der Waals surface area contributed by atoms with Crippen molar-refractivity contribution in [3.05, 3.63) is 34.6 Å². The first-order valence-corrected chi connectivity index (χ1v) is 5.52. The van der Waals surface area contributed by atoms with E-state index in [1.165, 1.54) is 6.07 Å². The zero-order chi connectivity index (χ0) is 12.1. The van der Waals surface area contributed by atoms with E-state index in [-0.39, 0.29) is 18.1 Å². The predicted molar refractivity (Wildman–Crippen MR) is 60.2 cm³/mol. The van der Waals surface area contributed by atoms with Crippen LogP contribution in [0.1, 0.15) is 12.5 Å².